The molecule has 0 bridgehead atoms. The number of nitrogens with one attached hydrogen (secondary N) is 2. The van der Waals surface area contributed by atoms with E-state index in [0.717, 1.165) is 12.8 Å². The smallest absolute Gasteiger partial charge is 0.325 e. The number of hydrogen-bond acceptors (Lipinski definition) is 6. The van der Waals surface area contributed by atoms with Gasteiger partial charge in [-0.15, -0.1) is 0 Å². The number of rotatable bonds is 6. The molecule has 0 aromatic heterocycles. The number of hydrogen-bond donors (Lipinski definition) is 4. The van der Waals surface area contributed by atoms with E-state index in [1.807, 2.05) is 11.7 Å². The van der Waals surface area contributed by atoms with Crippen molar-refractivity contribution < 1.29 is 29.4 Å². The molecule has 2 fully saturated rings. The van der Waals surface area contributed by atoms with Crippen molar-refractivity contribution >= 4 is 33.1 Å². The first kappa shape index (κ1) is 32.3. The van der Waals surface area contributed by atoms with Gasteiger partial charge in [0.15, 0.2) is 0 Å². The van der Waals surface area contributed by atoms with Gasteiger partial charge in [-0.1, -0.05) is 37.1 Å². The monoisotopic (exact) mass is 530 g/mol. The van der Waals surface area contributed by atoms with Crippen LogP contribution in [0.1, 0.15) is 68.2 Å². The minimum atomic E-state index is -1.01. The largest absolute Gasteiger partial charge is 0.480 e. The summed E-state index contributed by atoms with van der Waals surface area (Å²) in [7, 11) is 4.54. The van der Waals surface area contributed by atoms with Crippen LogP contribution in [0.5, 0.6) is 0 Å². The Balaban J connectivity index is 0.000000360. The fourth-order valence-electron chi connectivity index (χ4n) is 4.86. The summed E-state index contributed by atoms with van der Waals surface area (Å²) in [6.45, 7) is 15.8. The van der Waals surface area contributed by atoms with E-state index >= 15 is 0 Å². The number of piperidine rings is 2. The highest BCUT2D eigenvalue weighted by atomic mass is 31.0. The van der Waals surface area contributed by atoms with E-state index in [4.69, 9.17) is 10.2 Å². The van der Waals surface area contributed by atoms with Gasteiger partial charge in [-0.05, 0) is 71.3 Å². The number of carbonyl (C=O) groups excluding carboxylic acids is 2. The summed E-state index contributed by atoms with van der Waals surface area (Å²) >= 11 is 0. The number of carboxylic acids is 2. The average molecular weight is 531 g/mol. The Morgan fingerprint density at radius 2 is 1.11 bits per heavy atom. The van der Waals surface area contributed by atoms with Crippen LogP contribution in [0.3, 0.4) is 0 Å². The molecule has 0 aliphatic carbocycles. The van der Waals surface area contributed by atoms with Gasteiger partial charge in [0, 0.05) is 12.1 Å². The summed E-state index contributed by atoms with van der Waals surface area (Å²) in [5.74, 6) is -0.428. The number of likely N-dealkylation sites (tertiary alicyclic amines) is 1. The molecule has 2 aliphatic rings. The minimum absolute atomic E-state index is 0.182. The number of aliphatic carboxylic acids is 2. The van der Waals surface area contributed by atoms with Crippen LogP contribution < -0.4 is 10.6 Å². The molecule has 11 heteroatoms. The Morgan fingerprint density at radius 3 is 1.53 bits per heavy atom. The van der Waals surface area contributed by atoms with E-state index in [1.54, 1.807) is 0 Å². The first-order valence-electron chi connectivity index (χ1n) is 12.8. The second-order valence-electron chi connectivity index (χ2n) is 10.9. The lowest BCUT2D eigenvalue weighted by atomic mass is 9.79. The fourth-order valence-corrected chi connectivity index (χ4v) is 5.39. The number of nitrogens with zero attached hydrogens (tertiary/aromatic N) is 2. The van der Waals surface area contributed by atoms with Gasteiger partial charge in [0.1, 0.15) is 12.1 Å². The number of amides is 2. The lowest BCUT2D eigenvalue weighted by molar-refractivity contribution is -0.143. The van der Waals surface area contributed by atoms with Crippen molar-refractivity contribution in [1.29, 1.82) is 0 Å². The third kappa shape index (κ3) is 8.12. The predicted octanol–water partition coefficient (Wildman–Crippen LogP) is 2.04. The standard InChI is InChI=1S/C13H24N2O3.C12H23N2O3P/c1-7-6-11(15(5)10(4)8(7)2)12(16)14-9(3)13(17)18;1-6-5-10(14(18)9(4)7(6)2)11(15)13-8(3)12(16)17/h7-11H,6H2,1-5H3,(H,14,16)(H,17,18);6-10H,5,18H2,1-4H3,(H,13,15)(H,16,17)/t7?,8?,9-,10?,11?;6?,7?,8-,9?,10?/m00/s1. The molecular weight excluding hydrogens is 483 g/mol. The molecule has 2 rings (SSSR count). The predicted molar refractivity (Wildman–Crippen MR) is 142 cm³/mol. The van der Waals surface area contributed by atoms with Crippen molar-refractivity contribution in [2.24, 2.45) is 23.7 Å². The van der Waals surface area contributed by atoms with E-state index in [2.05, 4.69) is 66.5 Å². The molecule has 2 amide bonds. The molecule has 10 nitrogen and oxygen atoms in total. The molecule has 4 N–H and O–H groups in total. The van der Waals surface area contributed by atoms with Crippen molar-refractivity contribution in [3.8, 4) is 0 Å². The molecule has 208 valence electrons. The second-order valence-corrected chi connectivity index (χ2v) is 11.5. The van der Waals surface area contributed by atoms with Crippen LogP contribution in [0.2, 0.25) is 0 Å². The minimum Gasteiger partial charge on any atom is -0.480 e. The summed E-state index contributed by atoms with van der Waals surface area (Å²) in [4.78, 5) is 47.7. The lowest BCUT2D eigenvalue weighted by Crippen LogP contribution is -2.57. The number of carbonyl (C=O) groups is 4. The van der Waals surface area contributed by atoms with Crippen molar-refractivity contribution in [3.63, 3.8) is 0 Å². The van der Waals surface area contributed by atoms with Crippen molar-refractivity contribution in [3.05, 3.63) is 0 Å². The Kier molecular flexibility index (Phi) is 12.3. The van der Waals surface area contributed by atoms with Gasteiger partial charge >= 0.3 is 11.9 Å². The first-order chi connectivity index (χ1) is 16.5. The fraction of sp³-hybridized carbons (Fsp3) is 0.840. The molecule has 2 saturated heterocycles. The molecular formula is C25H47N4O6P. The van der Waals surface area contributed by atoms with Crippen LogP contribution in [0.25, 0.3) is 0 Å². The summed E-state index contributed by atoms with van der Waals surface area (Å²) in [5, 5.41) is 22.7. The van der Waals surface area contributed by atoms with E-state index in [-0.39, 0.29) is 29.9 Å². The highest BCUT2D eigenvalue weighted by molar-refractivity contribution is 7.13. The summed E-state index contributed by atoms with van der Waals surface area (Å²) in [6, 6.07) is -1.57. The molecule has 9 unspecified atom stereocenters. The van der Waals surface area contributed by atoms with Gasteiger partial charge in [-0.25, -0.2) is 0 Å². The van der Waals surface area contributed by atoms with E-state index < -0.39 is 24.0 Å². The quantitative estimate of drug-likeness (QED) is 0.383. The van der Waals surface area contributed by atoms with Crippen LogP contribution in [0.4, 0.5) is 0 Å². The van der Waals surface area contributed by atoms with Gasteiger partial charge in [-0.3, -0.25) is 28.7 Å². The Hall–Kier alpha value is -1.77. The molecule has 11 atom stereocenters. The maximum Gasteiger partial charge on any atom is 0.325 e. The molecule has 2 aliphatic heterocycles. The average Bonchev–Trinajstić information content (AvgIpc) is 2.80. The van der Waals surface area contributed by atoms with Crippen molar-refractivity contribution in [2.45, 2.75) is 104 Å². The topological polar surface area (TPSA) is 139 Å². The molecule has 2 heterocycles. The van der Waals surface area contributed by atoms with Crippen molar-refractivity contribution in [1.82, 2.24) is 20.2 Å². The zero-order valence-corrected chi connectivity index (χ0v) is 24.3. The Bertz CT molecular complexity index is 735. The third-order valence-corrected chi connectivity index (χ3v) is 9.37. The van der Waals surface area contributed by atoms with E-state index in [1.165, 1.54) is 13.8 Å². The lowest BCUT2D eigenvalue weighted by Gasteiger charge is -2.44. The van der Waals surface area contributed by atoms with E-state index in [9.17, 15) is 19.2 Å². The van der Waals surface area contributed by atoms with Gasteiger partial charge < -0.3 is 20.8 Å². The van der Waals surface area contributed by atoms with Crippen LogP contribution >= 0.6 is 9.39 Å². The molecule has 0 aromatic carbocycles. The molecule has 36 heavy (non-hydrogen) atoms. The van der Waals surface area contributed by atoms with Gasteiger partial charge in [0.05, 0.1) is 12.1 Å². The van der Waals surface area contributed by atoms with Crippen LogP contribution in [0.15, 0.2) is 0 Å². The third-order valence-electron chi connectivity index (χ3n) is 8.53. The normalized spacial score (nSPS) is 34.9. The molecule has 0 saturated carbocycles. The van der Waals surface area contributed by atoms with E-state index in [0.29, 0.717) is 29.7 Å². The molecule has 0 radical (unpaired) electrons. The highest BCUT2D eigenvalue weighted by Crippen LogP contribution is 2.35. The second kappa shape index (κ2) is 13.7. The van der Waals surface area contributed by atoms with Gasteiger partial charge in [0.2, 0.25) is 11.8 Å². The zero-order chi connectivity index (χ0) is 28.1. The van der Waals surface area contributed by atoms with Gasteiger partial charge in [0.25, 0.3) is 0 Å². The first-order valence-corrected chi connectivity index (χ1v) is 13.3. The molecule has 0 aromatic rings. The Morgan fingerprint density at radius 1 is 0.750 bits per heavy atom. The maximum absolute atomic E-state index is 12.1. The SMILES string of the molecule is CC1CC(C(=O)N[C@@H](C)C(=O)O)N(C)C(C)C1C.CC1CC(C(=O)N[C@@H](C)C(=O)O)N(P)C(C)C1C. The maximum atomic E-state index is 12.1. The summed E-state index contributed by atoms with van der Waals surface area (Å²) in [5.41, 5.74) is 0. The highest BCUT2D eigenvalue weighted by Gasteiger charge is 2.39. The van der Waals surface area contributed by atoms with Crippen LogP contribution in [-0.2, 0) is 19.2 Å². The van der Waals surface area contributed by atoms with Crippen LogP contribution in [0, 0.1) is 23.7 Å². The number of carboxylic acid groups (broad SMARTS) is 2. The summed E-state index contributed by atoms with van der Waals surface area (Å²) in [6.07, 6.45) is 1.54. The number of likely N-dealkylation sites (N-methyl/N-ethyl adjacent to an activating group) is 1. The zero-order valence-electron chi connectivity index (χ0n) is 23.2. The van der Waals surface area contributed by atoms with Gasteiger partial charge in [-0.2, -0.15) is 0 Å². The Labute approximate surface area is 218 Å². The van der Waals surface area contributed by atoms with Crippen molar-refractivity contribution in [2.75, 3.05) is 7.05 Å². The summed E-state index contributed by atoms with van der Waals surface area (Å²) < 4.78 is 1.97. The van der Waals surface area contributed by atoms with Crippen LogP contribution in [-0.4, -0.2) is 86.8 Å². The molecule has 0 spiro atoms.